The molecule has 1 heterocycles. The summed E-state index contributed by atoms with van der Waals surface area (Å²) in [5.41, 5.74) is 1.30. The smallest absolute Gasteiger partial charge is 0.133 e. The van der Waals surface area contributed by atoms with Crippen LogP contribution < -0.4 is 5.32 Å². The van der Waals surface area contributed by atoms with Gasteiger partial charge in [-0.1, -0.05) is 27.5 Å². The number of anilines is 2. The average molecular weight is 387 g/mol. The fourth-order valence-electron chi connectivity index (χ4n) is 1.36. The van der Waals surface area contributed by atoms with Crippen molar-refractivity contribution in [3.05, 3.63) is 50.0 Å². The van der Waals surface area contributed by atoms with Crippen molar-refractivity contribution in [3.8, 4) is 6.07 Å². The van der Waals surface area contributed by atoms with E-state index in [0.717, 1.165) is 14.6 Å². The molecule has 3 nitrogen and oxygen atoms in total. The Hall–Kier alpha value is -1.09. The number of rotatable bonds is 2. The van der Waals surface area contributed by atoms with E-state index >= 15 is 0 Å². The molecule has 0 aliphatic heterocycles. The minimum Gasteiger partial charge on any atom is -0.339 e. The van der Waals surface area contributed by atoms with Crippen LogP contribution >= 0.6 is 43.5 Å². The molecule has 0 aliphatic carbocycles. The molecule has 0 fully saturated rings. The highest BCUT2D eigenvalue weighted by Gasteiger charge is 2.05. The van der Waals surface area contributed by atoms with Gasteiger partial charge in [0, 0.05) is 8.95 Å². The second kappa shape index (κ2) is 5.70. The van der Waals surface area contributed by atoms with E-state index in [1.807, 2.05) is 24.3 Å². The molecular formula is C12H6Br2ClN3. The van der Waals surface area contributed by atoms with Crippen molar-refractivity contribution in [2.24, 2.45) is 0 Å². The van der Waals surface area contributed by atoms with Gasteiger partial charge in [-0.15, -0.1) is 0 Å². The van der Waals surface area contributed by atoms with E-state index < -0.39 is 0 Å². The van der Waals surface area contributed by atoms with Gasteiger partial charge in [-0.3, -0.25) is 0 Å². The maximum absolute atomic E-state index is 8.87. The second-order valence-corrected chi connectivity index (χ2v) is 5.58. The number of hydrogen-bond donors (Lipinski definition) is 1. The van der Waals surface area contributed by atoms with Crippen LogP contribution in [0.2, 0.25) is 5.15 Å². The molecule has 2 aromatic rings. The average Bonchev–Trinajstić information content (AvgIpc) is 2.33. The molecule has 6 heteroatoms. The predicted octanol–water partition coefficient (Wildman–Crippen LogP) is 4.88. The van der Waals surface area contributed by atoms with E-state index in [4.69, 9.17) is 16.9 Å². The lowest BCUT2D eigenvalue weighted by molar-refractivity contribution is 1.29. The van der Waals surface area contributed by atoms with Crippen molar-refractivity contribution in [1.82, 2.24) is 4.98 Å². The highest BCUT2D eigenvalue weighted by Crippen LogP contribution is 2.29. The van der Waals surface area contributed by atoms with E-state index in [-0.39, 0.29) is 5.15 Å². The van der Waals surface area contributed by atoms with E-state index in [2.05, 4.69) is 42.2 Å². The zero-order chi connectivity index (χ0) is 13.1. The van der Waals surface area contributed by atoms with Crippen LogP contribution in [0.15, 0.2) is 39.3 Å². The lowest BCUT2D eigenvalue weighted by Crippen LogP contribution is -1.95. The minimum absolute atomic E-state index is 0.280. The van der Waals surface area contributed by atoms with Crippen LogP contribution in [0, 0.1) is 11.3 Å². The molecule has 2 rings (SSSR count). The van der Waals surface area contributed by atoms with Gasteiger partial charge in [0.15, 0.2) is 0 Å². The van der Waals surface area contributed by atoms with Gasteiger partial charge in [0.2, 0.25) is 0 Å². The Morgan fingerprint density at radius 3 is 2.72 bits per heavy atom. The van der Waals surface area contributed by atoms with Gasteiger partial charge in [-0.2, -0.15) is 5.26 Å². The molecule has 0 saturated heterocycles. The van der Waals surface area contributed by atoms with Crippen molar-refractivity contribution in [3.63, 3.8) is 0 Å². The number of aromatic nitrogens is 1. The van der Waals surface area contributed by atoms with Crippen molar-refractivity contribution in [1.29, 1.82) is 5.26 Å². The normalized spacial score (nSPS) is 9.89. The second-order valence-electron chi connectivity index (χ2n) is 3.42. The first-order valence-electron chi connectivity index (χ1n) is 4.88. The third-order valence-corrected chi connectivity index (χ3v) is 3.49. The molecule has 0 radical (unpaired) electrons. The fourth-order valence-corrected chi connectivity index (χ4v) is 2.27. The zero-order valence-corrected chi connectivity index (χ0v) is 12.8. The third-order valence-electron chi connectivity index (χ3n) is 2.11. The molecule has 0 amide bonds. The molecule has 0 aliphatic rings. The molecule has 90 valence electrons. The van der Waals surface area contributed by atoms with Crippen molar-refractivity contribution < 1.29 is 0 Å². The summed E-state index contributed by atoms with van der Waals surface area (Å²) < 4.78 is 1.83. The third kappa shape index (κ3) is 3.22. The largest absolute Gasteiger partial charge is 0.339 e. The van der Waals surface area contributed by atoms with E-state index in [1.54, 1.807) is 6.07 Å². The number of nitriles is 1. The predicted molar refractivity (Wildman–Crippen MR) is 79.1 cm³/mol. The molecule has 1 N–H and O–H groups in total. The molecule has 0 spiro atoms. The first-order valence-corrected chi connectivity index (χ1v) is 6.84. The quantitative estimate of drug-likeness (QED) is 0.748. The summed E-state index contributed by atoms with van der Waals surface area (Å²) in [6.45, 7) is 0. The van der Waals surface area contributed by atoms with Gasteiger partial charge in [0.1, 0.15) is 11.0 Å². The number of halogens is 3. The SMILES string of the molecule is N#Cc1cc(Cl)nc(Nc2cc(Br)ccc2Br)c1. The Labute approximate surface area is 126 Å². The Balaban J connectivity index is 2.37. The topological polar surface area (TPSA) is 48.7 Å². The van der Waals surface area contributed by atoms with Gasteiger partial charge in [0.25, 0.3) is 0 Å². The Bertz CT molecular complexity index is 638. The van der Waals surface area contributed by atoms with Crippen LogP contribution in [0.1, 0.15) is 5.56 Å². The Morgan fingerprint density at radius 2 is 2.00 bits per heavy atom. The van der Waals surface area contributed by atoms with E-state index in [0.29, 0.717) is 11.4 Å². The molecule has 0 saturated carbocycles. The number of benzene rings is 1. The Kier molecular flexibility index (Phi) is 4.23. The number of pyridine rings is 1. The summed E-state index contributed by atoms with van der Waals surface area (Å²) in [6.07, 6.45) is 0. The number of nitrogens with zero attached hydrogens (tertiary/aromatic N) is 2. The summed E-state index contributed by atoms with van der Waals surface area (Å²) in [4.78, 5) is 4.11. The number of nitrogens with one attached hydrogen (secondary N) is 1. The lowest BCUT2D eigenvalue weighted by atomic mass is 10.2. The van der Waals surface area contributed by atoms with E-state index in [9.17, 15) is 0 Å². The van der Waals surface area contributed by atoms with Gasteiger partial charge in [-0.25, -0.2) is 4.98 Å². The standard InChI is InChI=1S/C12H6Br2ClN3/c13-8-1-2-9(14)10(5-8)17-12-4-7(6-16)3-11(15)18-12/h1-5H,(H,17,18). The van der Waals surface area contributed by atoms with Crippen LogP contribution in [-0.4, -0.2) is 4.98 Å². The highest BCUT2D eigenvalue weighted by molar-refractivity contribution is 9.11. The molecule has 0 unspecified atom stereocenters. The molecule has 0 atom stereocenters. The van der Waals surface area contributed by atoms with Gasteiger partial charge in [-0.05, 0) is 46.3 Å². The van der Waals surface area contributed by atoms with Crippen LogP contribution in [0.4, 0.5) is 11.5 Å². The monoisotopic (exact) mass is 385 g/mol. The zero-order valence-electron chi connectivity index (χ0n) is 8.92. The molecule has 1 aromatic carbocycles. The number of hydrogen-bond acceptors (Lipinski definition) is 3. The maximum atomic E-state index is 8.87. The van der Waals surface area contributed by atoms with Crippen molar-refractivity contribution in [2.45, 2.75) is 0 Å². The lowest BCUT2D eigenvalue weighted by Gasteiger charge is -2.08. The Morgan fingerprint density at radius 1 is 1.22 bits per heavy atom. The van der Waals surface area contributed by atoms with Crippen molar-refractivity contribution in [2.75, 3.05) is 5.32 Å². The maximum Gasteiger partial charge on any atom is 0.133 e. The fraction of sp³-hybridized carbons (Fsp3) is 0. The summed E-state index contributed by atoms with van der Waals surface area (Å²) in [5.74, 6) is 0.526. The highest BCUT2D eigenvalue weighted by atomic mass is 79.9. The van der Waals surface area contributed by atoms with E-state index in [1.165, 1.54) is 6.07 Å². The first-order chi connectivity index (χ1) is 8.58. The van der Waals surface area contributed by atoms with Crippen LogP contribution in [0.3, 0.4) is 0 Å². The molecule has 18 heavy (non-hydrogen) atoms. The van der Waals surface area contributed by atoms with Crippen molar-refractivity contribution >= 4 is 55.0 Å². The van der Waals surface area contributed by atoms with Gasteiger partial charge < -0.3 is 5.32 Å². The summed E-state index contributed by atoms with van der Waals surface area (Å²) in [5, 5.41) is 12.3. The molecular weight excluding hydrogens is 381 g/mol. The van der Waals surface area contributed by atoms with Crippen LogP contribution in [-0.2, 0) is 0 Å². The van der Waals surface area contributed by atoms with Gasteiger partial charge >= 0.3 is 0 Å². The minimum atomic E-state index is 0.280. The summed E-state index contributed by atoms with van der Waals surface area (Å²) in [6, 6.07) is 10.9. The van der Waals surface area contributed by atoms with Crippen LogP contribution in [0.25, 0.3) is 0 Å². The summed E-state index contributed by atoms with van der Waals surface area (Å²) >= 11 is 12.7. The van der Waals surface area contributed by atoms with Gasteiger partial charge in [0.05, 0.1) is 17.3 Å². The first kappa shape index (κ1) is 13.3. The van der Waals surface area contributed by atoms with Crippen LogP contribution in [0.5, 0.6) is 0 Å². The summed E-state index contributed by atoms with van der Waals surface area (Å²) in [7, 11) is 0. The molecule has 0 bridgehead atoms. The molecule has 1 aromatic heterocycles.